The molecule has 0 spiro atoms. The minimum absolute atomic E-state index is 0.0631. The van der Waals surface area contributed by atoms with Crippen molar-refractivity contribution in [3.63, 3.8) is 0 Å². The number of hydrogen-bond donors (Lipinski definition) is 1. The number of amides is 1. The van der Waals surface area contributed by atoms with E-state index in [1.807, 2.05) is 48.5 Å². The maximum absolute atomic E-state index is 12.8. The van der Waals surface area contributed by atoms with Gasteiger partial charge in [0.1, 0.15) is 12.6 Å². The van der Waals surface area contributed by atoms with Crippen LogP contribution >= 0.6 is 0 Å². The third-order valence-electron chi connectivity index (χ3n) is 5.36. The first-order valence-electron chi connectivity index (χ1n) is 10.3. The normalized spacial score (nSPS) is 21.2. The van der Waals surface area contributed by atoms with E-state index in [0.717, 1.165) is 22.3 Å². The molecule has 140 valence electrons. The number of likely N-dealkylation sites (tertiary alicyclic amines) is 1. The summed E-state index contributed by atoms with van der Waals surface area (Å²) in [5.74, 6) is -1.23. The molecule has 0 radical (unpaired) electrons. The van der Waals surface area contributed by atoms with Gasteiger partial charge in [0, 0.05) is 15.2 Å². The number of carboxylic acid groups (broad SMARTS) is 1. The summed E-state index contributed by atoms with van der Waals surface area (Å²) >= 11 is 0. The Morgan fingerprint density at radius 2 is 1.74 bits per heavy atom. The smallest absolute Gasteiger partial charge is 0.410 e. The molecule has 0 saturated carbocycles. The molecule has 1 saturated heterocycles. The standard InChI is InChI=1S/C22H23NO4/c1-22(2)11-19(20(24)25)23(13-22)21(26)27-12-18-16-9-5-3-7-14(16)15-8-4-6-10-17(15)18/h3-10,18-19H,11-13H2,1-2H3,(H,24,25)/t19-/m0/s1/i1D,2D. The maximum atomic E-state index is 12.8. The van der Waals surface area contributed by atoms with Crippen molar-refractivity contribution in [2.45, 2.75) is 32.2 Å². The Morgan fingerprint density at radius 1 is 1.15 bits per heavy atom. The molecule has 5 nitrogen and oxygen atoms in total. The molecule has 2 aromatic carbocycles. The van der Waals surface area contributed by atoms with Crippen LogP contribution in [0.3, 0.4) is 0 Å². The van der Waals surface area contributed by atoms with Gasteiger partial charge in [-0.1, -0.05) is 62.3 Å². The third kappa shape index (κ3) is 3.07. The van der Waals surface area contributed by atoms with Crippen molar-refractivity contribution >= 4 is 12.1 Å². The minimum Gasteiger partial charge on any atom is -0.480 e. The van der Waals surface area contributed by atoms with Crippen molar-refractivity contribution in [3.05, 3.63) is 59.7 Å². The van der Waals surface area contributed by atoms with E-state index in [-0.39, 0.29) is 39.3 Å². The van der Waals surface area contributed by atoms with Crippen molar-refractivity contribution in [2.24, 2.45) is 5.41 Å². The molecule has 2 aromatic rings. The van der Waals surface area contributed by atoms with Crippen LogP contribution in [0.2, 0.25) is 0 Å². The van der Waals surface area contributed by atoms with E-state index in [9.17, 15) is 14.7 Å². The molecule has 0 unspecified atom stereocenters. The Bertz CT molecular complexity index is 898. The Hall–Kier alpha value is -2.82. The number of carbonyl (C=O) groups is 2. The highest BCUT2D eigenvalue weighted by atomic mass is 16.6. The van der Waals surface area contributed by atoms with Gasteiger partial charge in [-0.25, -0.2) is 9.59 Å². The van der Waals surface area contributed by atoms with Gasteiger partial charge in [0.2, 0.25) is 0 Å². The summed E-state index contributed by atoms with van der Waals surface area (Å²) in [6.45, 7) is -0.00103. The van der Waals surface area contributed by atoms with Crippen molar-refractivity contribution in [1.29, 1.82) is 0 Å². The van der Waals surface area contributed by atoms with Crippen molar-refractivity contribution in [1.82, 2.24) is 4.90 Å². The molecule has 27 heavy (non-hydrogen) atoms. The SMILES string of the molecule is [2H]CC1(C[2H])C[C@@H](C(=O)O)N(C(=O)OCC2c3ccccc3-c3ccccc32)C1. The topological polar surface area (TPSA) is 66.8 Å². The molecule has 4 rings (SSSR count). The summed E-state index contributed by atoms with van der Waals surface area (Å²) in [6.07, 6.45) is -0.581. The number of hydrogen-bond acceptors (Lipinski definition) is 3. The molecule has 1 aliphatic carbocycles. The Morgan fingerprint density at radius 3 is 2.30 bits per heavy atom. The van der Waals surface area contributed by atoms with Crippen LogP contribution in [0.1, 0.15) is 40.0 Å². The van der Waals surface area contributed by atoms with Crippen LogP contribution in [0.4, 0.5) is 4.79 Å². The number of ether oxygens (including phenoxy) is 1. The van der Waals surface area contributed by atoms with Crippen molar-refractivity contribution in [2.75, 3.05) is 13.2 Å². The highest BCUT2D eigenvalue weighted by Crippen LogP contribution is 2.44. The van der Waals surface area contributed by atoms with Gasteiger partial charge in [-0.05, 0) is 34.1 Å². The maximum Gasteiger partial charge on any atom is 0.410 e. The van der Waals surface area contributed by atoms with E-state index in [4.69, 9.17) is 7.48 Å². The van der Waals surface area contributed by atoms with E-state index < -0.39 is 23.5 Å². The lowest BCUT2D eigenvalue weighted by Crippen LogP contribution is -2.41. The lowest BCUT2D eigenvalue weighted by Gasteiger charge is -2.23. The lowest BCUT2D eigenvalue weighted by molar-refractivity contribution is -0.141. The number of carboxylic acids is 1. The summed E-state index contributed by atoms with van der Waals surface area (Å²) in [5.41, 5.74) is 3.61. The Balaban J connectivity index is 1.53. The van der Waals surface area contributed by atoms with Crippen molar-refractivity contribution in [3.8, 4) is 11.1 Å². The fourth-order valence-electron chi connectivity index (χ4n) is 4.15. The molecule has 1 amide bonds. The largest absolute Gasteiger partial charge is 0.480 e. The second kappa shape index (κ2) is 6.41. The fraction of sp³-hybridized carbons (Fsp3) is 0.364. The summed E-state index contributed by atoms with van der Waals surface area (Å²) in [5, 5.41) is 9.52. The van der Waals surface area contributed by atoms with Gasteiger partial charge in [-0.2, -0.15) is 0 Å². The summed E-state index contributed by atoms with van der Waals surface area (Å²) in [6, 6.07) is 15.0. The quantitative estimate of drug-likeness (QED) is 0.886. The van der Waals surface area contributed by atoms with Crippen LogP contribution < -0.4 is 0 Å². The monoisotopic (exact) mass is 367 g/mol. The predicted molar refractivity (Wildman–Crippen MR) is 102 cm³/mol. The van der Waals surface area contributed by atoms with Gasteiger partial charge in [0.25, 0.3) is 0 Å². The van der Waals surface area contributed by atoms with E-state index in [1.54, 1.807) is 0 Å². The van der Waals surface area contributed by atoms with E-state index in [0.29, 0.717) is 0 Å². The number of aliphatic carboxylic acids is 1. The number of rotatable bonds is 3. The molecule has 5 heteroatoms. The second-order valence-corrected chi connectivity index (χ2v) is 7.49. The molecule has 1 N–H and O–H groups in total. The van der Waals surface area contributed by atoms with Crippen LogP contribution in [0.15, 0.2) is 48.5 Å². The zero-order chi connectivity index (χ0) is 20.6. The number of benzene rings is 2. The summed E-state index contributed by atoms with van der Waals surface area (Å²) in [4.78, 5) is 25.6. The molecule has 1 fully saturated rings. The average Bonchev–Trinajstić information content (AvgIpc) is 3.30. The molecule has 1 aliphatic heterocycles. The molecule has 1 heterocycles. The molecule has 1 atom stereocenters. The first-order chi connectivity index (χ1) is 14.0. The zero-order valence-corrected chi connectivity index (χ0v) is 14.9. The first kappa shape index (κ1) is 15.3. The van der Waals surface area contributed by atoms with Crippen molar-refractivity contribution < 1.29 is 22.2 Å². The van der Waals surface area contributed by atoms with Gasteiger partial charge >= 0.3 is 12.1 Å². The van der Waals surface area contributed by atoms with E-state index in [1.165, 1.54) is 4.90 Å². The molecular formula is C22H23NO4. The minimum atomic E-state index is -1.12. The first-order valence-corrected chi connectivity index (χ1v) is 8.92. The van der Waals surface area contributed by atoms with Gasteiger partial charge < -0.3 is 9.84 Å². The Labute approximate surface area is 161 Å². The molecule has 2 aliphatic rings. The van der Waals surface area contributed by atoms with Crippen LogP contribution in [-0.2, 0) is 9.53 Å². The highest BCUT2D eigenvalue weighted by molar-refractivity contribution is 5.81. The van der Waals surface area contributed by atoms with Crippen LogP contribution in [0, 0.1) is 5.41 Å². The van der Waals surface area contributed by atoms with E-state index in [2.05, 4.69) is 0 Å². The number of carbonyl (C=O) groups excluding carboxylic acids is 1. The van der Waals surface area contributed by atoms with Gasteiger partial charge in [-0.3, -0.25) is 4.90 Å². The predicted octanol–water partition coefficient (Wildman–Crippen LogP) is 4.12. The van der Waals surface area contributed by atoms with Crippen LogP contribution in [0.5, 0.6) is 0 Å². The van der Waals surface area contributed by atoms with Crippen LogP contribution in [-0.4, -0.2) is 41.3 Å². The Kier molecular flexibility index (Phi) is 3.62. The lowest BCUT2D eigenvalue weighted by atomic mass is 9.91. The molecular weight excluding hydrogens is 342 g/mol. The highest BCUT2D eigenvalue weighted by Gasteiger charge is 2.44. The molecule has 0 bridgehead atoms. The number of nitrogens with zero attached hydrogens (tertiary/aromatic N) is 1. The van der Waals surface area contributed by atoms with Gasteiger partial charge in [0.15, 0.2) is 0 Å². The van der Waals surface area contributed by atoms with E-state index >= 15 is 0 Å². The molecule has 0 aromatic heterocycles. The van der Waals surface area contributed by atoms with Crippen LogP contribution in [0.25, 0.3) is 11.1 Å². The zero-order valence-electron chi connectivity index (χ0n) is 16.9. The van der Waals surface area contributed by atoms with Gasteiger partial charge in [-0.15, -0.1) is 0 Å². The second-order valence-electron chi connectivity index (χ2n) is 7.49. The summed E-state index contributed by atoms with van der Waals surface area (Å²) < 4.78 is 21.0. The average molecular weight is 367 g/mol. The number of fused-ring (bicyclic) bond motifs is 3. The summed E-state index contributed by atoms with van der Waals surface area (Å²) in [7, 11) is 0. The van der Waals surface area contributed by atoms with Gasteiger partial charge in [0.05, 0.1) is 0 Å². The third-order valence-corrected chi connectivity index (χ3v) is 5.36. The fourth-order valence-corrected chi connectivity index (χ4v) is 4.15.